The van der Waals surface area contributed by atoms with Gasteiger partial charge in [0.2, 0.25) is 0 Å². The highest BCUT2D eigenvalue weighted by atomic mass is 16.7. The van der Waals surface area contributed by atoms with Crippen LogP contribution in [-0.2, 0) is 47.5 Å². The Kier molecular flexibility index (Phi) is 11.0. The smallest absolute Gasteiger partial charge is 0.341 e. The van der Waals surface area contributed by atoms with Gasteiger partial charge in [0.05, 0.1) is 46.0 Å². The minimum absolute atomic E-state index is 0.0247. The zero-order chi connectivity index (χ0) is 41.5. The molecule has 1 spiro atoms. The molecular formula is C40H44N2O15. The minimum atomic E-state index is -2.44. The number of ether oxygens (including phenoxy) is 7. The number of fused-ring (bicyclic) bond motifs is 1. The summed E-state index contributed by atoms with van der Waals surface area (Å²) in [6, 6.07) is 7.10. The predicted octanol–water partition coefficient (Wildman–Crippen LogP) is 3.43. The van der Waals surface area contributed by atoms with E-state index in [1.807, 2.05) is 0 Å². The summed E-state index contributed by atoms with van der Waals surface area (Å²) >= 11 is 0. The van der Waals surface area contributed by atoms with Crippen molar-refractivity contribution < 1.29 is 71.4 Å². The van der Waals surface area contributed by atoms with E-state index < -0.39 is 113 Å². The van der Waals surface area contributed by atoms with E-state index in [4.69, 9.17) is 37.6 Å². The first-order chi connectivity index (χ1) is 26.9. The van der Waals surface area contributed by atoms with E-state index in [-0.39, 0.29) is 16.7 Å². The Bertz CT molecular complexity index is 2000. The van der Waals surface area contributed by atoms with Gasteiger partial charge in [0.15, 0.2) is 17.8 Å². The van der Waals surface area contributed by atoms with Crippen LogP contribution in [0.3, 0.4) is 0 Å². The molecular weight excluding hydrogens is 748 g/mol. The molecule has 3 aromatic heterocycles. The maximum absolute atomic E-state index is 14.2. The topological polar surface area (TPSA) is 226 Å². The molecule has 3 fully saturated rings. The second kappa shape index (κ2) is 15.3. The quantitative estimate of drug-likeness (QED) is 0.217. The van der Waals surface area contributed by atoms with Gasteiger partial charge in [-0.15, -0.1) is 0 Å². The van der Waals surface area contributed by atoms with Gasteiger partial charge in [-0.05, 0) is 51.1 Å². The van der Waals surface area contributed by atoms with Gasteiger partial charge in [0.1, 0.15) is 36.6 Å². The van der Waals surface area contributed by atoms with Gasteiger partial charge in [-0.1, -0.05) is 13.8 Å². The van der Waals surface area contributed by atoms with Crippen LogP contribution >= 0.6 is 0 Å². The highest BCUT2D eigenvalue weighted by molar-refractivity contribution is 5.91. The number of nitrogens with zero attached hydrogens (tertiary/aromatic N) is 2. The molecule has 3 aliphatic rings. The molecule has 6 rings (SSSR count). The lowest BCUT2D eigenvalue weighted by Crippen LogP contribution is -2.85. The molecule has 4 heterocycles. The molecule has 3 aromatic rings. The summed E-state index contributed by atoms with van der Waals surface area (Å²) in [7, 11) is 0. The van der Waals surface area contributed by atoms with Gasteiger partial charge < -0.3 is 42.7 Å². The van der Waals surface area contributed by atoms with E-state index in [1.54, 1.807) is 27.7 Å². The zero-order valence-corrected chi connectivity index (χ0v) is 32.4. The number of hydrogen-bond donors (Lipinski definition) is 1. The first-order valence-corrected chi connectivity index (χ1v) is 18.2. The van der Waals surface area contributed by atoms with Crippen molar-refractivity contribution in [2.24, 2.45) is 17.3 Å². The number of pyridine rings is 2. The summed E-state index contributed by atoms with van der Waals surface area (Å²) in [5.74, 6) is -7.55. The highest BCUT2D eigenvalue weighted by Gasteiger charge is 2.89. The third kappa shape index (κ3) is 7.14. The molecule has 1 saturated heterocycles. The fraction of sp³-hybridized carbons (Fsp3) is 0.500. The van der Waals surface area contributed by atoms with Crippen molar-refractivity contribution in [2.75, 3.05) is 6.61 Å². The van der Waals surface area contributed by atoms with Crippen LogP contribution in [0, 0.1) is 17.3 Å². The monoisotopic (exact) mass is 792 g/mol. The maximum Gasteiger partial charge on any atom is 0.341 e. The molecule has 9 atom stereocenters. The van der Waals surface area contributed by atoms with Crippen molar-refractivity contribution in [3.63, 3.8) is 0 Å². The van der Waals surface area contributed by atoms with E-state index in [0.29, 0.717) is 0 Å². The van der Waals surface area contributed by atoms with E-state index in [2.05, 4.69) is 9.97 Å². The van der Waals surface area contributed by atoms with Crippen LogP contribution < -0.4 is 0 Å². The van der Waals surface area contributed by atoms with Crippen LogP contribution in [0.2, 0.25) is 0 Å². The van der Waals surface area contributed by atoms with Gasteiger partial charge in [-0.3, -0.25) is 24.4 Å². The number of carbonyl (C=O) groups excluding carboxylic acids is 6. The van der Waals surface area contributed by atoms with Gasteiger partial charge in [-0.2, -0.15) is 0 Å². The minimum Gasteiger partial charge on any atom is -0.472 e. The summed E-state index contributed by atoms with van der Waals surface area (Å²) in [5, 5.41) is 13.0. The van der Waals surface area contributed by atoms with Crippen molar-refractivity contribution in [2.45, 2.75) is 102 Å². The Hall–Kier alpha value is -5.68. The predicted molar refractivity (Wildman–Crippen MR) is 191 cm³/mol. The molecule has 0 unspecified atom stereocenters. The summed E-state index contributed by atoms with van der Waals surface area (Å²) in [6.07, 6.45) is -1.57. The van der Waals surface area contributed by atoms with Gasteiger partial charge in [-0.25, -0.2) is 14.4 Å². The molecule has 1 N–H and O–H groups in total. The number of carbonyl (C=O) groups is 6. The fourth-order valence-corrected chi connectivity index (χ4v) is 8.73. The third-order valence-electron chi connectivity index (χ3n) is 10.8. The van der Waals surface area contributed by atoms with Crippen LogP contribution in [0.15, 0.2) is 72.1 Å². The Morgan fingerprint density at radius 2 is 1.37 bits per heavy atom. The Morgan fingerprint density at radius 1 is 0.789 bits per heavy atom. The van der Waals surface area contributed by atoms with Gasteiger partial charge in [0.25, 0.3) is 0 Å². The summed E-state index contributed by atoms with van der Waals surface area (Å²) < 4.78 is 49.1. The van der Waals surface area contributed by atoms with Crippen LogP contribution in [-0.4, -0.2) is 105 Å². The largest absolute Gasteiger partial charge is 0.472 e. The molecule has 0 aromatic carbocycles. The Morgan fingerprint density at radius 3 is 1.89 bits per heavy atom. The molecule has 2 bridgehead atoms. The molecule has 0 amide bonds. The Balaban J connectivity index is 1.72. The Labute approximate surface area is 327 Å². The average Bonchev–Trinajstić information content (AvgIpc) is 3.76. The molecule has 0 radical (unpaired) electrons. The van der Waals surface area contributed by atoms with Crippen molar-refractivity contribution in [1.82, 2.24) is 9.97 Å². The number of aliphatic hydroxyl groups is 1. The maximum atomic E-state index is 14.2. The van der Waals surface area contributed by atoms with E-state index in [0.717, 1.165) is 20.1 Å². The molecule has 1 aliphatic heterocycles. The van der Waals surface area contributed by atoms with Gasteiger partial charge >= 0.3 is 35.8 Å². The lowest BCUT2D eigenvalue weighted by molar-refractivity contribution is -0.361. The summed E-state index contributed by atoms with van der Waals surface area (Å²) in [5.41, 5.74) is -8.80. The standard InChI is InChI=1S/C40H44N2O15/c1-21(2)33(45)51-20-39-30(55-35(47)25-11-9-14-42-18-25)27(52-22(3)43)16-38(7,49)40(39)31(53-23(4)44)28(37(5,6)57-40)29(54-34(46)24-10-8-13-41-17-24)32(39)56-36(48)26-12-15-50-19-26/h8-15,17-19,21,27-32,49H,16,20H2,1-7H3/t27-,28+,29+,30-,31+,32+,38-,39-,40-/m0/s1. The van der Waals surface area contributed by atoms with Crippen molar-refractivity contribution in [1.29, 1.82) is 0 Å². The molecule has 2 aliphatic carbocycles. The lowest BCUT2D eigenvalue weighted by atomic mass is 9.45. The third-order valence-corrected chi connectivity index (χ3v) is 10.8. The first-order valence-electron chi connectivity index (χ1n) is 18.2. The number of aromatic nitrogens is 2. The second-order valence-electron chi connectivity index (χ2n) is 15.4. The van der Waals surface area contributed by atoms with E-state index in [9.17, 15) is 33.9 Å². The first kappa shape index (κ1) is 41.0. The van der Waals surface area contributed by atoms with Crippen molar-refractivity contribution in [3.8, 4) is 0 Å². The molecule has 17 nitrogen and oxygen atoms in total. The van der Waals surface area contributed by atoms with Gasteiger partial charge in [0, 0.05) is 45.1 Å². The summed E-state index contributed by atoms with van der Waals surface area (Å²) in [6.45, 7) is 8.90. The van der Waals surface area contributed by atoms with Crippen LogP contribution in [0.5, 0.6) is 0 Å². The SMILES string of the molecule is CC(=O)O[C@H]1C[C@](C)(O)[C@]23OC(C)(C)[C@H]([C@@H](OC(=O)c4cccnc4)[C@@H](OC(=O)c4ccoc4)[C@]2(COC(=O)C(C)C)[C@H]1OC(=O)c1cccnc1)[C@H]3OC(C)=O. The normalized spacial score (nSPS) is 31.0. The van der Waals surface area contributed by atoms with E-state index in [1.165, 1.54) is 68.3 Å². The molecule has 17 heteroatoms. The number of esters is 6. The number of furan rings is 1. The van der Waals surface area contributed by atoms with E-state index >= 15 is 0 Å². The average molecular weight is 793 g/mol. The lowest BCUT2D eigenvalue weighted by Gasteiger charge is -2.66. The second-order valence-corrected chi connectivity index (χ2v) is 15.4. The molecule has 304 valence electrons. The van der Waals surface area contributed by atoms with Crippen LogP contribution in [0.1, 0.15) is 86.0 Å². The van der Waals surface area contributed by atoms with Crippen molar-refractivity contribution >= 4 is 35.8 Å². The zero-order valence-electron chi connectivity index (χ0n) is 32.4. The van der Waals surface area contributed by atoms with Crippen LogP contribution in [0.4, 0.5) is 0 Å². The fourth-order valence-electron chi connectivity index (χ4n) is 8.73. The van der Waals surface area contributed by atoms with Crippen molar-refractivity contribution in [3.05, 3.63) is 84.3 Å². The summed E-state index contributed by atoms with van der Waals surface area (Å²) in [4.78, 5) is 90.2. The molecule has 57 heavy (non-hydrogen) atoms. The number of hydrogen-bond acceptors (Lipinski definition) is 17. The number of rotatable bonds is 11. The molecule has 2 saturated carbocycles. The van der Waals surface area contributed by atoms with Crippen LogP contribution in [0.25, 0.3) is 0 Å². The highest BCUT2D eigenvalue weighted by Crippen LogP contribution is 2.69.